The number of nitrogens with zero attached hydrogens (tertiary/aromatic N) is 2. The Morgan fingerprint density at radius 1 is 1.38 bits per heavy atom. The molecule has 3 heteroatoms. The first-order valence-electron chi connectivity index (χ1n) is 4.76. The van der Waals surface area contributed by atoms with Gasteiger partial charge in [0.15, 0.2) is 0 Å². The predicted molar refractivity (Wildman–Crippen MR) is 54.9 cm³/mol. The monoisotopic (exact) mass is 181 g/mol. The van der Waals surface area contributed by atoms with Crippen molar-refractivity contribution >= 4 is 0 Å². The Morgan fingerprint density at radius 2 is 2.00 bits per heavy atom. The molecule has 3 nitrogen and oxygen atoms in total. The third-order valence-electron chi connectivity index (χ3n) is 2.61. The summed E-state index contributed by atoms with van der Waals surface area (Å²) in [5.74, 6) is 0. The molecule has 0 fully saturated rings. The van der Waals surface area contributed by atoms with Gasteiger partial charge in [-0.05, 0) is 40.8 Å². The second-order valence-corrected chi connectivity index (χ2v) is 3.69. The lowest BCUT2D eigenvalue weighted by Gasteiger charge is -2.21. The fourth-order valence-corrected chi connectivity index (χ4v) is 1.51. The van der Waals surface area contributed by atoms with E-state index in [4.69, 9.17) is 0 Å². The molecule has 1 N–H and O–H groups in total. The van der Waals surface area contributed by atoms with Crippen LogP contribution in [0.15, 0.2) is 6.07 Å². The first-order chi connectivity index (χ1) is 6.06. The lowest BCUT2D eigenvalue weighted by Crippen LogP contribution is -2.31. The topological polar surface area (TPSA) is 29.9 Å². The van der Waals surface area contributed by atoms with Crippen LogP contribution < -0.4 is 5.32 Å². The van der Waals surface area contributed by atoms with Crippen LogP contribution in [0.1, 0.15) is 31.3 Å². The number of nitrogens with one attached hydrogen (secondary N) is 1. The maximum absolute atomic E-state index is 4.46. The molecule has 0 aliphatic carbocycles. The van der Waals surface area contributed by atoms with Gasteiger partial charge in [-0.15, -0.1) is 0 Å². The van der Waals surface area contributed by atoms with Gasteiger partial charge in [0, 0.05) is 11.7 Å². The van der Waals surface area contributed by atoms with E-state index in [1.807, 2.05) is 14.0 Å². The van der Waals surface area contributed by atoms with Crippen LogP contribution in [0.5, 0.6) is 0 Å². The van der Waals surface area contributed by atoms with Gasteiger partial charge >= 0.3 is 0 Å². The molecule has 1 aromatic heterocycles. The second-order valence-electron chi connectivity index (χ2n) is 3.69. The number of likely N-dealkylation sites (N-methyl/N-ethyl adjacent to an activating group) is 1. The maximum atomic E-state index is 4.46. The summed E-state index contributed by atoms with van der Waals surface area (Å²) in [5, 5.41) is 7.69. The summed E-state index contributed by atoms with van der Waals surface area (Å²) < 4.78 is 2.08. The van der Waals surface area contributed by atoms with Gasteiger partial charge in [0.1, 0.15) is 0 Å². The van der Waals surface area contributed by atoms with E-state index in [9.17, 15) is 0 Å². The van der Waals surface area contributed by atoms with Gasteiger partial charge < -0.3 is 5.32 Å². The molecule has 2 atom stereocenters. The lowest BCUT2D eigenvalue weighted by atomic mass is 10.2. The molecule has 2 unspecified atom stereocenters. The zero-order valence-electron chi connectivity index (χ0n) is 9.13. The summed E-state index contributed by atoms with van der Waals surface area (Å²) in [7, 11) is 1.98. The van der Waals surface area contributed by atoms with Gasteiger partial charge in [0.25, 0.3) is 0 Å². The Kier molecular flexibility index (Phi) is 3.09. The van der Waals surface area contributed by atoms with Gasteiger partial charge in [0.2, 0.25) is 0 Å². The highest BCUT2D eigenvalue weighted by Gasteiger charge is 2.14. The van der Waals surface area contributed by atoms with Crippen molar-refractivity contribution in [3.8, 4) is 0 Å². The largest absolute Gasteiger partial charge is 0.315 e. The van der Waals surface area contributed by atoms with Crippen LogP contribution in [0.2, 0.25) is 0 Å². The van der Waals surface area contributed by atoms with Crippen molar-refractivity contribution in [1.82, 2.24) is 15.1 Å². The van der Waals surface area contributed by atoms with Crippen LogP contribution in [0.3, 0.4) is 0 Å². The minimum Gasteiger partial charge on any atom is -0.315 e. The van der Waals surface area contributed by atoms with Crippen molar-refractivity contribution in [1.29, 1.82) is 0 Å². The van der Waals surface area contributed by atoms with Crippen molar-refractivity contribution in [2.24, 2.45) is 0 Å². The molecule has 0 aliphatic rings. The fraction of sp³-hybridized carbons (Fsp3) is 0.700. The fourth-order valence-electron chi connectivity index (χ4n) is 1.51. The van der Waals surface area contributed by atoms with Crippen LogP contribution in [-0.2, 0) is 0 Å². The van der Waals surface area contributed by atoms with Crippen molar-refractivity contribution in [3.63, 3.8) is 0 Å². The molecule has 0 saturated carbocycles. The van der Waals surface area contributed by atoms with Crippen LogP contribution in [0.25, 0.3) is 0 Å². The highest BCUT2D eigenvalue weighted by molar-refractivity contribution is 5.07. The molecule has 0 spiro atoms. The zero-order chi connectivity index (χ0) is 10.0. The molecule has 74 valence electrons. The highest BCUT2D eigenvalue weighted by atomic mass is 15.3. The van der Waals surface area contributed by atoms with Gasteiger partial charge in [-0.2, -0.15) is 5.10 Å². The van der Waals surface area contributed by atoms with Crippen molar-refractivity contribution in [2.45, 2.75) is 39.8 Å². The van der Waals surface area contributed by atoms with E-state index in [1.165, 1.54) is 5.69 Å². The number of aryl methyl sites for hydroxylation is 2. The minimum atomic E-state index is 0.402. The summed E-state index contributed by atoms with van der Waals surface area (Å²) in [6.45, 7) is 8.47. The summed E-state index contributed by atoms with van der Waals surface area (Å²) in [6, 6.07) is 2.95. The normalized spacial score (nSPS) is 15.8. The zero-order valence-corrected chi connectivity index (χ0v) is 9.13. The third kappa shape index (κ3) is 2.10. The van der Waals surface area contributed by atoms with Gasteiger partial charge in [-0.25, -0.2) is 0 Å². The average molecular weight is 181 g/mol. The van der Waals surface area contributed by atoms with Crippen LogP contribution in [-0.4, -0.2) is 22.9 Å². The molecule has 0 bridgehead atoms. The van der Waals surface area contributed by atoms with Crippen LogP contribution in [0, 0.1) is 13.8 Å². The Morgan fingerprint density at radius 3 is 2.38 bits per heavy atom. The first-order valence-corrected chi connectivity index (χ1v) is 4.76. The molecule has 1 heterocycles. The molecule has 0 amide bonds. The third-order valence-corrected chi connectivity index (χ3v) is 2.61. The van der Waals surface area contributed by atoms with Gasteiger partial charge in [-0.3, -0.25) is 4.68 Å². The first kappa shape index (κ1) is 10.3. The standard InChI is InChI=1S/C10H19N3/c1-7-6-8(2)13(12-7)10(4)9(3)11-5/h6,9-11H,1-5H3. The quantitative estimate of drug-likeness (QED) is 0.768. The van der Waals surface area contributed by atoms with E-state index in [0.717, 1.165) is 5.69 Å². The van der Waals surface area contributed by atoms with Crippen molar-refractivity contribution in [3.05, 3.63) is 17.5 Å². The number of aromatic nitrogens is 2. The van der Waals surface area contributed by atoms with E-state index in [-0.39, 0.29) is 0 Å². The van der Waals surface area contributed by atoms with Gasteiger partial charge in [-0.1, -0.05) is 0 Å². The molecule has 0 radical (unpaired) electrons. The van der Waals surface area contributed by atoms with E-state index < -0.39 is 0 Å². The van der Waals surface area contributed by atoms with Crippen molar-refractivity contribution < 1.29 is 0 Å². The molecule has 1 aromatic rings. The predicted octanol–water partition coefficient (Wildman–Crippen LogP) is 1.67. The van der Waals surface area contributed by atoms with Crippen LogP contribution in [0.4, 0.5) is 0 Å². The summed E-state index contributed by atoms with van der Waals surface area (Å²) >= 11 is 0. The molecule has 13 heavy (non-hydrogen) atoms. The van der Waals surface area contributed by atoms with E-state index in [2.05, 4.69) is 41.9 Å². The summed E-state index contributed by atoms with van der Waals surface area (Å²) in [6.07, 6.45) is 0. The van der Waals surface area contributed by atoms with Crippen molar-refractivity contribution in [2.75, 3.05) is 7.05 Å². The lowest BCUT2D eigenvalue weighted by molar-refractivity contribution is 0.377. The smallest absolute Gasteiger partial charge is 0.0644 e. The molecular formula is C10H19N3. The van der Waals surface area contributed by atoms with E-state index >= 15 is 0 Å². The SMILES string of the molecule is CNC(C)C(C)n1nc(C)cc1C. The molecule has 0 aromatic carbocycles. The summed E-state index contributed by atoms with van der Waals surface area (Å²) in [5.41, 5.74) is 2.32. The molecule has 1 rings (SSSR count). The van der Waals surface area contributed by atoms with E-state index in [0.29, 0.717) is 12.1 Å². The van der Waals surface area contributed by atoms with Gasteiger partial charge in [0.05, 0.1) is 11.7 Å². The maximum Gasteiger partial charge on any atom is 0.0644 e. The Labute approximate surface area is 80.1 Å². The highest BCUT2D eigenvalue weighted by Crippen LogP contribution is 2.13. The second kappa shape index (κ2) is 3.92. The Balaban J connectivity index is 2.87. The summed E-state index contributed by atoms with van der Waals surface area (Å²) in [4.78, 5) is 0. The number of rotatable bonds is 3. The van der Waals surface area contributed by atoms with E-state index in [1.54, 1.807) is 0 Å². The van der Waals surface area contributed by atoms with Crippen LogP contribution >= 0.6 is 0 Å². The Bertz CT molecular complexity index is 278. The molecular weight excluding hydrogens is 162 g/mol. The number of hydrogen-bond acceptors (Lipinski definition) is 2. The molecule has 0 saturated heterocycles. The average Bonchev–Trinajstić information content (AvgIpc) is 2.42. The number of hydrogen-bond donors (Lipinski definition) is 1. The molecule has 0 aliphatic heterocycles. The minimum absolute atomic E-state index is 0.402. The Hall–Kier alpha value is -0.830.